The lowest BCUT2D eigenvalue weighted by atomic mass is 10.1. The van der Waals surface area contributed by atoms with Gasteiger partial charge in [-0.1, -0.05) is 12.1 Å². The van der Waals surface area contributed by atoms with Crippen molar-refractivity contribution in [3.05, 3.63) is 83.2 Å². The zero-order chi connectivity index (χ0) is 23.4. The molecule has 0 spiro atoms. The summed E-state index contributed by atoms with van der Waals surface area (Å²) in [4.78, 5) is 23.1. The molecule has 0 unspecified atom stereocenters. The number of nitrogens with zero attached hydrogens (tertiary/aromatic N) is 4. The van der Waals surface area contributed by atoms with E-state index in [9.17, 15) is 4.79 Å². The van der Waals surface area contributed by atoms with Crippen LogP contribution in [0.3, 0.4) is 0 Å². The van der Waals surface area contributed by atoms with Gasteiger partial charge in [0.05, 0.1) is 16.6 Å². The van der Waals surface area contributed by atoms with Crippen LogP contribution in [0.2, 0.25) is 0 Å². The number of benzene rings is 3. The van der Waals surface area contributed by atoms with Crippen molar-refractivity contribution >= 4 is 22.3 Å². The molecule has 0 fully saturated rings. The highest BCUT2D eigenvalue weighted by molar-refractivity contribution is 5.80. The van der Waals surface area contributed by atoms with E-state index in [2.05, 4.69) is 73.9 Å². The van der Waals surface area contributed by atoms with Crippen LogP contribution in [0.15, 0.2) is 77.6 Å². The van der Waals surface area contributed by atoms with Gasteiger partial charge in [-0.25, -0.2) is 4.98 Å². The lowest BCUT2D eigenvalue weighted by Gasteiger charge is -2.22. The van der Waals surface area contributed by atoms with Crippen LogP contribution in [0.1, 0.15) is 27.7 Å². The van der Waals surface area contributed by atoms with Gasteiger partial charge in [0.15, 0.2) is 0 Å². The van der Waals surface area contributed by atoms with Crippen LogP contribution < -0.4 is 15.4 Å². The molecule has 1 aromatic heterocycles. The first-order valence-electron chi connectivity index (χ1n) is 11.8. The summed E-state index contributed by atoms with van der Waals surface area (Å²) in [5, 5.41) is 0.619. The van der Waals surface area contributed by atoms with Crippen molar-refractivity contribution in [3.8, 4) is 17.1 Å². The van der Waals surface area contributed by atoms with E-state index < -0.39 is 0 Å². The molecule has 0 saturated carbocycles. The SMILES string of the molecule is CCN(CC)c1ccc(-c2nc3ccccc3c(=O)n2-c2ccc(N(CC)CC)cc2)cc1. The maximum atomic E-state index is 13.6. The van der Waals surface area contributed by atoms with Crippen molar-refractivity contribution in [1.29, 1.82) is 0 Å². The Labute approximate surface area is 195 Å². The van der Waals surface area contributed by atoms with Crippen molar-refractivity contribution in [1.82, 2.24) is 9.55 Å². The summed E-state index contributed by atoms with van der Waals surface area (Å²) in [6.45, 7) is 12.4. The van der Waals surface area contributed by atoms with Gasteiger partial charge in [0, 0.05) is 43.1 Å². The van der Waals surface area contributed by atoms with E-state index in [-0.39, 0.29) is 5.56 Å². The molecule has 0 radical (unpaired) electrons. The molecule has 0 aliphatic carbocycles. The Kier molecular flexibility index (Phi) is 6.78. The van der Waals surface area contributed by atoms with Crippen molar-refractivity contribution < 1.29 is 0 Å². The normalized spacial score (nSPS) is 11.0. The molecular formula is C28H32N4O. The van der Waals surface area contributed by atoms with Crippen molar-refractivity contribution in [2.45, 2.75) is 27.7 Å². The Bertz CT molecular complexity index is 1270. The van der Waals surface area contributed by atoms with Gasteiger partial charge in [-0.3, -0.25) is 9.36 Å². The second-order valence-electron chi connectivity index (χ2n) is 8.00. The first kappa shape index (κ1) is 22.6. The van der Waals surface area contributed by atoms with Crippen LogP contribution in [0.25, 0.3) is 28.0 Å². The van der Waals surface area contributed by atoms with E-state index >= 15 is 0 Å². The van der Waals surface area contributed by atoms with Crippen LogP contribution in [0.5, 0.6) is 0 Å². The Morgan fingerprint density at radius 1 is 0.697 bits per heavy atom. The Hall–Kier alpha value is -3.60. The minimum atomic E-state index is -0.0565. The van der Waals surface area contributed by atoms with Gasteiger partial charge >= 0.3 is 0 Å². The van der Waals surface area contributed by atoms with Gasteiger partial charge in [-0.05, 0) is 88.4 Å². The number of hydrogen-bond acceptors (Lipinski definition) is 4. The first-order valence-corrected chi connectivity index (χ1v) is 11.8. The van der Waals surface area contributed by atoms with Gasteiger partial charge in [0.25, 0.3) is 5.56 Å². The third kappa shape index (κ3) is 4.36. The van der Waals surface area contributed by atoms with Crippen LogP contribution >= 0.6 is 0 Å². The standard InChI is InChI=1S/C28H32N4O/c1-5-30(6-2)22-15-13-21(14-16-22)27-29-26-12-10-9-11-25(26)28(33)32(27)24-19-17-23(18-20-24)31(7-3)8-4/h9-20H,5-8H2,1-4H3. The zero-order valence-corrected chi connectivity index (χ0v) is 20.0. The van der Waals surface area contributed by atoms with Crippen molar-refractivity contribution in [2.75, 3.05) is 36.0 Å². The van der Waals surface area contributed by atoms with Gasteiger partial charge in [-0.2, -0.15) is 0 Å². The van der Waals surface area contributed by atoms with E-state index in [1.165, 1.54) is 5.69 Å². The molecule has 0 amide bonds. The lowest BCUT2D eigenvalue weighted by Crippen LogP contribution is -2.23. The summed E-state index contributed by atoms with van der Waals surface area (Å²) >= 11 is 0. The number of para-hydroxylation sites is 1. The van der Waals surface area contributed by atoms with Gasteiger partial charge in [-0.15, -0.1) is 0 Å². The average Bonchev–Trinajstić information content (AvgIpc) is 2.86. The van der Waals surface area contributed by atoms with E-state index in [1.807, 2.05) is 36.4 Å². The van der Waals surface area contributed by atoms with Crippen LogP contribution in [0, 0.1) is 0 Å². The topological polar surface area (TPSA) is 41.4 Å². The summed E-state index contributed by atoms with van der Waals surface area (Å²) in [7, 11) is 0. The number of hydrogen-bond donors (Lipinski definition) is 0. The second kappa shape index (κ2) is 9.90. The molecule has 1 heterocycles. The number of aromatic nitrogens is 2. The molecule has 0 aliphatic heterocycles. The van der Waals surface area contributed by atoms with E-state index in [4.69, 9.17) is 4.98 Å². The summed E-state index contributed by atoms with van der Waals surface area (Å²) in [5.74, 6) is 0.653. The van der Waals surface area contributed by atoms with Crippen LogP contribution in [-0.4, -0.2) is 35.7 Å². The Morgan fingerprint density at radius 2 is 1.21 bits per heavy atom. The smallest absolute Gasteiger partial charge is 0.266 e. The fourth-order valence-electron chi connectivity index (χ4n) is 4.38. The highest BCUT2D eigenvalue weighted by atomic mass is 16.1. The third-order valence-corrected chi connectivity index (χ3v) is 6.27. The minimum Gasteiger partial charge on any atom is -0.372 e. The number of fused-ring (bicyclic) bond motifs is 1. The minimum absolute atomic E-state index is 0.0565. The zero-order valence-electron chi connectivity index (χ0n) is 20.0. The molecule has 5 heteroatoms. The molecule has 5 nitrogen and oxygen atoms in total. The largest absolute Gasteiger partial charge is 0.372 e. The van der Waals surface area contributed by atoms with Crippen molar-refractivity contribution in [2.24, 2.45) is 0 Å². The van der Waals surface area contributed by atoms with Crippen LogP contribution in [0.4, 0.5) is 11.4 Å². The Morgan fingerprint density at radius 3 is 1.76 bits per heavy atom. The summed E-state index contributed by atoms with van der Waals surface area (Å²) < 4.78 is 1.74. The van der Waals surface area contributed by atoms with Crippen molar-refractivity contribution in [3.63, 3.8) is 0 Å². The lowest BCUT2D eigenvalue weighted by molar-refractivity contribution is 0.865. The second-order valence-corrected chi connectivity index (χ2v) is 8.00. The molecule has 0 N–H and O–H groups in total. The monoisotopic (exact) mass is 440 g/mol. The van der Waals surface area contributed by atoms with Crippen LogP contribution in [-0.2, 0) is 0 Å². The van der Waals surface area contributed by atoms with E-state index in [1.54, 1.807) is 4.57 Å². The van der Waals surface area contributed by atoms with Gasteiger partial charge in [0.1, 0.15) is 5.82 Å². The van der Waals surface area contributed by atoms with E-state index in [0.717, 1.165) is 43.1 Å². The third-order valence-electron chi connectivity index (χ3n) is 6.27. The van der Waals surface area contributed by atoms with Gasteiger partial charge < -0.3 is 9.80 Å². The molecule has 4 rings (SSSR count). The highest BCUT2D eigenvalue weighted by Gasteiger charge is 2.15. The molecule has 3 aromatic carbocycles. The maximum absolute atomic E-state index is 13.6. The van der Waals surface area contributed by atoms with Gasteiger partial charge in [0.2, 0.25) is 0 Å². The molecule has 0 bridgehead atoms. The molecule has 170 valence electrons. The molecule has 0 saturated heterocycles. The number of anilines is 2. The first-order chi connectivity index (χ1) is 16.1. The maximum Gasteiger partial charge on any atom is 0.266 e. The molecule has 0 aliphatic rings. The predicted octanol–water partition coefficient (Wildman–Crippen LogP) is 5.75. The molecule has 0 atom stereocenters. The molecular weight excluding hydrogens is 408 g/mol. The molecule has 33 heavy (non-hydrogen) atoms. The Balaban J connectivity index is 1.88. The average molecular weight is 441 g/mol. The fraction of sp³-hybridized carbons (Fsp3) is 0.286. The summed E-state index contributed by atoms with van der Waals surface area (Å²) in [6.07, 6.45) is 0. The fourth-order valence-corrected chi connectivity index (χ4v) is 4.38. The molecule has 4 aromatic rings. The number of rotatable bonds is 8. The summed E-state index contributed by atoms with van der Waals surface area (Å²) in [5.41, 5.74) is 4.71. The predicted molar refractivity (Wildman–Crippen MR) is 140 cm³/mol. The van der Waals surface area contributed by atoms with E-state index in [0.29, 0.717) is 16.7 Å². The summed E-state index contributed by atoms with van der Waals surface area (Å²) in [6, 6.07) is 24.1. The quantitative estimate of drug-likeness (QED) is 0.350. The highest BCUT2D eigenvalue weighted by Crippen LogP contribution is 2.26.